The highest BCUT2D eigenvalue weighted by atomic mass is 35.5. The minimum atomic E-state index is -0.335. The lowest BCUT2D eigenvalue weighted by molar-refractivity contribution is 0.0478. The summed E-state index contributed by atoms with van der Waals surface area (Å²) in [6.45, 7) is 4.07. The molecule has 5 nitrogen and oxygen atoms in total. The van der Waals surface area contributed by atoms with Gasteiger partial charge in [0, 0.05) is 13.1 Å². The second-order valence-corrected chi connectivity index (χ2v) is 7.65. The highest BCUT2D eigenvalue weighted by Crippen LogP contribution is 2.37. The first-order valence-electron chi connectivity index (χ1n) is 8.56. The molecular formula is C19H18ClN3O2S. The Balaban J connectivity index is 1.66. The number of carbonyl (C=O) groups is 1. The number of benzene rings is 1. The van der Waals surface area contributed by atoms with E-state index >= 15 is 0 Å². The maximum Gasteiger partial charge on any atom is 0.349 e. The van der Waals surface area contributed by atoms with Gasteiger partial charge in [0.05, 0.1) is 5.39 Å². The number of hydrogen-bond acceptors (Lipinski definition) is 6. The molecule has 0 aliphatic carbocycles. The first kappa shape index (κ1) is 17.2. The molecule has 4 rings (SSSR count). The Morgan fingerprint density at radius 1 is 1.23 bits per heavy atom. The Morgan fingerprint density at radius 3 is 2.69 bits per heavy atom. The molecule has 0 N–H and O–H groups in total. The van der Waals surface area contributed by atoms with Crippen LogP contribution in [0.15, 0.2) is 30.3 Å². The fourth-order valence-corrected chi connectivity index (χ4v) is 4.52. The van der Waals surface area contributed by atoms with E-state index in [9.17, 15) is 4.79 Å². The van der Waals surface area contributed by atoms with E-state index in [1.165, 1.54) is 11.3 Å². The molecule has 0 amide bonds. The van der Waals surface area contributed by atoms with Crippen LogP contribution in [-0.4, -0.2) is 29.0 Å². The van der Waals surface area contributed by atoms with Gasteiger partial charge in [-0.3, -0.25) is 0 Å². The zero-order valence-corrected chi connectivity index (χ0v) is 15.9. The molecule has 0 saturated carbocycles. The predicted molar refractivity (Wildman–Crippen MR) is 104 cm³/mol. The molecule has 134 valence electrons. The maximum atomic E-state index is 12.6. The summed E-state index contributed by atoms with van der Waals surface area (Å²) in [6, 6.07) is 9.65. The van der Waals surface area contributed by atoms with Crippen LogP contribution in [0.25, 0.3) is 10.2 Å². The van der Waals surface area contributed by atoms with Gasteiger partial charge >= 0.3 is 5.97 Å². The molecule has 0 atom stereocenters. The van der Waals surface area contributed by atoms with Gasteiger partial charge in [-0.1, -0.05) is 30.3 Å². The Labute approximate surface area is 160 Å². The largest absolute Gasteiger partial charge is 0.457 e. The lowest BCUT2D eigenvalue weighted by atomic mass is 10.2. The van der Waals surface area contributed by atoms with Crippen LogP contribution in [0.3, 0.4) is 0 Å². The van der Waals surface area contributed by atoms with E-state index in [4.69, 9.17) is 16.3 Å². The molecule has 1 aliphatic heterocycles. The second kappa shape index (κ2) is 7.21. The zero-order valence-electron chi connectivity index (χ0n) is 14.4. The van der Waals surface area contributed by atoms with E-state index in [0.717, 1.165) is 53.1 Å². The van der Waals surface area contributed by atoms with Gasteiger partial charge in [-0.2, -0.15) is 4.98 Å². The summed E-state index contributed by atoms with van der Waals surface area (Å²) in [6.07, 6.45) is 2.27. The highest BCUT2D eigenvalue weighted by molar-refractivity contribution is 7.20. The summed E-state index contributed by atoms with van der Waals surface area (Å²) in [5.74, 6) is 0.492. The molecular weight excluding hydrogens is 370 g/mol. The molecule has 1 aliphatic rings. The van der Waals surface area contributed by atoms with Crippen LogP contribution in [0.5, 0.6) is 0 Å². The van der Waals surface area contributed by atoms with Gasteiger partial charge in [-0.05, 0) is 42.5 Å². The number of thiophene rings is 1. The van der Waals surface area contributed by atoms with E-state index in [0.29, 0.717) is 4.88 Å². The van der Waals surface area contributed by atoms with Crippen molar-refractivity contribution in [3.63, 3.8) is 0 Å². The minimum Gasteiger partial charge on any atom is -0.457 e. The number of hydrogen-bond donors (Lipinski definition) is 0. The first-order valence-corrected chi connectivity index (χ1v) is 9.75. The quantitative estimate of drug-likeness (QED) is 0.483. The summed E-state index contributed by atoms with van der Waals surface area (Å²) in [7, 11) is 0. The third-order valence-electron chi connectivity index (χ3n) is 4.55. The van der Waals surface area contributed by atoms with Crippen molar-refractivity contribution >= 4 is 44.9 Å². The van der Waals surface area contributed by atoms with Crippen LogP contribution < -0.4 is 4.90 Å². The number of nitrogens with zero attached hydrogens (tertiary/aromatic N) is 3. The van der Waals surface area contributed by atoms with E-state index < -0.39 is 0 Å². The van der Waals surface area contributed by atoms with Gasteiger partial charge in [0.25, 0.3) is 0 Å². The number of aromatic nitrogens is 2. The van der Waals surface area contributed by atoms with Crippen molar-refractivity contribution in [1.82, 2.24) is 9.97 Å². The minimum absolute atomic E-state index is 0.213. The molecule has 26 heavy (non-hydrogen) atoms. The predicted octanol–water partition coefficient (Wildman–Crippen LogP) is 4.61. The zero-order chi connectivity index (χ0) is 18.1. The van der Waals surface area contributed by atoms with Crippen molar-refractivity contribution in [2.45, 2.75) is 26.4 Å². The van der Waals surface area contributed by atoms with Gasteiger partial charge in [-0.25, -0.2) is 9.78 Å². The smallest absolute Gasteiger partial charge is 0.349 e. The van der Waals surface area contributed by atoms with Gasteiger partial charge in [0.15, 0.2) is 0 Å². The number of aryl methyl sites for hydroxylation is 1. The summed E-state index contributed by atoms with van der Waals surface area (Å²) in [4.78, 5) is 24.9. The Morgan fingerprint density at radius 2 is 1.96 bits per heavy atom. The molecule has 7 heteroatoms. The summed E-state index contributed by atoms with van der Waals surface area (Å²) in [5, 5.41) is 1.12. The van der Waals surface area contributed by atoms with Crippen LogP contribution in [-0.2, 0) is 11.3 Å². The molecule has 2 aromatic heterocycles. The number of halogens is 1. The van der Waals surface area contributed by atoms with E-state index in [1.807, 2.05) is 37.3 Å². The summed E-state index contributed by atoms with van der Waals surface area (Å²) >= 11 is 7.44. The summed E-state index contributed by atoms with van der Waals surface area (Å²) in [5.41, 5.74) is 1.82. The van der Waals surface area contributed by atoms with Crippen LogP contribution in [0.1, 0.15) is 33.6 Å². The molecule has 0 unspecified atom stereocenters. The average molecular weight is 388 g/mol. The lowest BCUT2D eigenvalue weighted by Gasteiger charge is -2.17. The van der Waals surface area contributed by atoms with Crippen molar-refractivity contribution in [2.75, 3.05) is 18.0 Å². The van der Waals surface area contributed by atoms with Gasteiger partial charge < -0.3 is 9.64 Å². The highest BCUT2D eigenvalue weighted by Gasteiger charge is 2.25. The number of ether oxygens (including phenoxy) is 1. The molecule has 1 saturated heterocycles. The molecule has 3 heterocycles. The number of esters is 1. The number of anilines is 1. The third-order valence-corrected chi connectivity index (χ3v) is 5.88. The van der Waals surface area contributed by atoms with Crippen molar-refractivity contribution in [3.8, 4) is 0 Å². The second-order valence-electron chi connectivity index (χ2n) is 6.31. The fraction of sp³-hybridized carbons (Fsp3) is 0.316. The van der Waals surface area contributed by atoms with E-state index in [2.05, 4.69) is 14.9 Å². The molecule has 0 bridgehead atoms. The van der Waals surface area contributed by atoms with Gasteiger partial charge in [-0.15, -0.1) is 11.3 Å². The van der Waals surface area contributed by atoms with Gasteiger partial charge in [0.1, 0.15) is 22.1 Å². The van der Waals surface area contributed by atoms with Crippen LogP contribution in [0.2, 0.25) is 5.28 Å². The Kier molecular flexibility index (Phi) is 4.78. The van der Waals surface area contributed by atoms with Crippen molar-refractivity contribution < 1.29 is 9.53 Å². The molecule has 1 aromatic carbocycles. The SMILES string of the molecule is Cc1c(C(=O)OCc2ccccc2)sc2nc(Cl)nc(N3CCCC3)c12. The lowest BCUT2D eigenvalue weighted by Crippen LogP contribution is -2.19. The number of fused-ring (bicyclic) bond motifs is 1. The molecule has 0 spiro atoms. The summed E-state index contributed by atoms with van der Waals surface area (Å²) < 4.78 is 5.50. The number of rotatable bonds is 4. The van der Waals surface area contributed by atoms with Crippen LogP contribution in [0.4, 0.5) is 5.82 Å². The van der Waals surface area contributed by atoms with Crippen LogP contribution >= 0.6 is 22.9 Å². The monoisotopic (exact) mass is 387 g/mol. The maximum absolute atomic E-state index is 12.6. The first-order chi connectivity index (χ1) is 12.6. The normalized spacial score (nSPS) is 14.2. The Bertz CT molecular complexity index is 952. The molecule has 3 aromatic rings. The van der Waals surface area contributed by atoms with E-state index in [1.54, 1.807) is 0 Å². The van der Waals surface area contributed by atoms with Gasteiger partial charge in [0.2, 0.25) is 5.28 Å². The topological polar surface area (TPSA) is 55.3 Å². The van der Waals surface area contributed by atoms with Crippen molar-refractivity contribution in [3.05, 3.63) is 51.6 Å². The van der Waals surface area contributed by atoms with Crippen molar-refractivity contribution in [1.29, 1.82) is 0 Å². The fourth-order valence-electron chi connectivity index (χ4n) is 3.23. The molecule has 0 radical (unpaired) electrons. The Hall–Kier alpha value is -2.18. The molecule has 1 fully saturated rings. The number of carbonyl (C=O) groups excluding carboxylic acids is 1. The van der Waals surface area contributed by atoms with E-state index in [-0.39, 0.29) is 17.9 Å². The average Bonchev–Trinajstić information content (AvgIpc) is 3.28. The van der Waals surface area contributed by atoms with Crippen molar-refractivity contribution in [2.24, 2.45) is 0 Å². The standard InChI is InChI=1S/C19H18ClN3O2S/c1-12-14-16(23-9-5-6-10-23)21-19(20)22-17(14)26-15(12)18(24)25-11-13-7-3-2-4-8-13/h2-4,7-8H,5-6,9-11H2,1H3. The van der Waals surface area contributed by atoms with Crippen LogP contribution in [0, 0.1) is 6.92 Å². The third kappa shape index (κ3) is 3.27.